The van der Waals surface area contributed by atoms with Crippen LogP contribution in [-0.2, 0) is 13.0 Å². The lowest BCUT2D eigenvalue weighted by molar-refractivity contribution is 0.305. The third-order valence-electron chi connectivity index (χ3n) is 3.67. The summed E-state index contributed by atoms with van der Waals surface area (Å²) in [5.41, 5.74) is 1.31. The zero-order chi connectivity index (χ0) is 13.8. The van der Waals surface area contributed by atoms with Gasteiger partial charge in [0, 0.05) is 17.3 Å². The Hall–Kier alpha value is -1.39. The van der Waals surface area contributed by atoms with E-state index in [1.165, 1.54) is 29.8 Å². The van der Waals surface area contributed by atoms with Crippen LogP contribution in [0.3, 0.4) is 0 Å². The highest BCUT2D eigenvalue weighted by molar-refractivity contribution is 7.11. The molecule has 1 aliphatic carbocycles. The van der Waals surface area contributed by atoms with Crippen molar-refractivity contribution >= 4 is 11.3 Å². The molecular weight excluding hydrogens is 268 g/mol. The first-order valence-electron chi connectivity index (χ1n) is 7.17. The van der Waals surface area contributed by atoms with Gasteiger partial charge in [-0.1, -0.05) is 18.2 Å². The standard InChI is InChI=1S/C16H20N2OS/c1-17-10-12-6-5-9-14-16(12)18-15(20-14)11-19-13-7-3-2-4-8-13/h2-4,7-8,12,17H,5-6,9-11H2,1H3. The van der Waals surface area contributed by atoms with Crippen molar-refractivity contribution in [3.8, 4) is 5.75 Å². The predicted octanol–water partition coefficient (Wildman–Crippen LogP) is 3.36. The summed E-state index contributed by atoms with van der Waals surface area (Å²) in [6, 6.07) is 9.95. The molecule has 1 N–H and O–H groups in total. The highest BCUT2D eigenvalue weighted by Crippen LogP contribution is 2.34. The van der Waals surface area contributed by atoms with Crippen LogP contribution in [0, 0.1) is 0 Å². The van der Waals surface area contributed by atoms with Gasteiger partial charge in [0.2, 0.25) is 0 Å². The maximum absolute atomic E-state index is 5.80. The van der Waals surface area contributed by atoms with E-state index in [1.54, 1.807) is 0 Å². The Labute approximate surface area is 124 Å². The fourth-order valence-corrected chi connectivity index (χ4v) is 3.84. The number of nitrogens with one attached hydrogen (secondary N) is 1. The lowest BCUT2D eigenvalue weighted by Gasteiger charge is -2.20. The normalized spacial score (nSPS) is 17.8. The molecule has 0 saturated carbocycles. The van der Waals surface area contributed by atoms with E-state index < -0.39 is 0 Å². The first kappa shape index (κ1) is 13.6. The second kappa shape index (κ2) is 6.37. The van der Waals surface area contributed by atoms with Crippen LogP contribution in [0.25, 0.3) is 0 Å². The van der Waals surface area contributed by atoms with E-state index in [-0.39, 0.29) is 0 Å². The quantitative estimate of drug-likeness (QED) is 0.916. The van der Waals surface area contributed by atoms with Crippen molar-refractivity contribution in [3.05, 3.63) is 45.9 Å². The van der Waals surface area contributed by atoms with Gasteiger partial charge in [0.1, 0.15) is 17.4 Å². The summed E-state index contributed by atoms with van der Waals surface area (Å²) >= 11 is 1.82. The van der Waals surface area contributed by atoms with E-state index in [0.717, 1.165) is 17.3 Å². The van der Waals surface area contributed by atoms with E-state index in [9.17, 15) is 0 Å². The number of ether oxygens (including phenoxy) is 1. The summed E-state index contributed by atoms with van der Waals surface area (Å²) in [5, 5.41) is 4.38. The van der Waals surface area contributed by atoms with Gasteiger partial charge in [0.25, 0.3) is 0 Å². The van der Waals surface area contributed by atoms with Crippen LogP contribution < -0.4 is 10.1 Å². The number of rotatable bonds is 5. The zero-order valence-electron chi connectivity index (χ0n) is 11.8. The third-order valence-corrected chi connectivity index (χ3v) is 4.78. The van der Waals surface area contributed by atoms with Crippen molar-refractivity contribution in [3.63, 3.8) is 0 Å². The molecule has 3 nitrogen and oxygen atoms in total. The molecule has 0 radical (unpaired) electrons. The molecule has 0 amide bonds. The number of nitrogens with zero attached hydrogens (tertiary/aromatic N) is 1. The van der Waals surface area contributed by atoms with Crippen molar-refractivity contribution < 1.29 is 4.74 Å². The van der Waals surface area contributed by atoms with Crippen LogP contribution in [0.5, 0.6) is 5.75 Å². The van der Waals surface area contributed by atoms with Gasteiger partial charge in [0.15, 0.2) is 0 Å². The molecule has 1 aliphatic rings. The van der Waals surface area contributed by atoms with Gasteiger partial charge in [-0.2, -0.15) is 0 Å². The van der Waals surface area contributed by atoms with Gasteiger partial charge < -0.3 is 10.1 Å². The Morgan fingerprint density at radius 1 is 1.35 bits per heavy atom. The predicted molar refractivity (Wildman–Crippen MR) is 82.5 cm³/mol. The molecule has 1 aromatic carbocycles. The van der Waals surface area contributed by atoms with E-state index in [1.807, 2.05) is 48.7 Å². The minimum atomic E-state index is 0.575. The Bertz CT molecular complexity index is 553. The van der Waals surface area contributed by atoms with Crippen LogP contribution in [0.1, 0.15) is 34.3 Å². The topological polar surface area (TPSA) is 34.1 Å². The monoisotopic (exact) mass is 288 g/mol. The first-order valence-corrected chi connectivity index (χ1v) is 7.99. The Kier molecular flexibility index (Phi) is 4.33. The van der Waals surface area contributed by atoms with Crippen molar-refractivity contribution in [2.45, 2.75) is 31.8 Å². The fraction of sp³-hybridized carbons (Fsp3) is 0.438. The molecule has 0 aliphatic heterocycles. The van der Waals surface area contributed by atoms with Gasteiger partial charge in [-0.05, 0) is 38.4 Å². The van der Waals surface area contributed by atoms with E-state index in [4.69, 9.17) is 9.72 Å². The van der Waals surface area contributed by atoms with Crippen molar-refractivity contribution in [2.75, 3.05) is 13.6 Å². The Morgan fingerprint density at radius 2 is 2.20 bits per heavy atom. The summed E-state index contributed by atoms with van der Waals surface area (Å²) in [5.74, 6) is 1.48. The molecule has 0 saturated heterocycles. The molecule has 1 heterocycles. The number of aryl methyl sites for hydroxylation is 1. The van der Waals surface area contributed by atoms with E-state index in [2.05, 4.69) is 5.32 Å². The fourth-order valence-electron chi connectivity index (χ4n) is 2.73. The van der Waals surface area contributed by atoms with Crippen LogP contribution in [-0.4, -0.2) is 18.6 Å². The van der Waals surface area contributed by atoms with E-state index in [0.29, 0.717) is 12.5 Å². The Morgan fingerprint density at radius 3 is 3.00 bits per heavy atom. The number of fused-ring (bicyclic) bond motifs is 1. The molecule has 4 heteroatoms. The average molecular weight is 288 g/mol. The maximum Gasteiger partial charge on any atom is 0.140 e. The first-order chi connectivity index (χ1) is 9.86. The second-order valence-electron chi connectivity index (χ2n) is 5.16. The minimum absolute atomic E-state index is 0.575. The molecule has 20 heavy (non-hydrogen) atoms. The zero-order valence-corrected chi connectivity index (χ0v) is 12.6. The molecule has 3 rings (SSSR count). The Balaban J connectivity index is 1.69. The van der Waals surface area contributed by atoms with Gasteiger partial charge in [-0.25, -0.2) is 4.98 Å². The molecule has 0 bridgehead atoms. The minimum Gasteiger partial charge on any atom is -0.486 e. The highest BCUT2D eigenvalue weighted by Gasteiger charge is 2.24. The van der Waals surface area contributed by atoms with Gasteiger partial charge in [0.05, 0.1) is 5.69 Å². The molecule has 1 aromatic heterocycles. The molecule has 106 valence electrons. The molecule has 0 fully saturated rings. The maximum atomic E-state index is 5.80. The molecular formula is C16H20N2OS. The van der Waals surface area contributed by atoms with Crippen molar-refractivity contribution in [2.24, 2.45) is 0 Å². The SMILES string of the molecule is CNCC1CCCc2sc(COc3ccccc3)nc21. The molecule has 1 atom stereocenters. The highest BCUT2D eigenvalue weighted by atomic mass is 32.1. The van der Waals surface area contributed by atoms with Crippen LogP contribution in [0.15, 0.2) is 30.3 Å². The number of aromatic nitrogens is 1. The largest absolute Gasteiger partial charge is 0.486 e. The summed E-state index contributed by atoms with van der Waals surface area (Å²) in [6.45, 7) is 1.60. The number of thiazole rings is 1. The van der Waals surface area contributed by atoms with Gasteiger partial charge >= 0.3 is 0 Å². The average Bonchev–Trinajstić information content (AvgIpc) is 2.91. The molecule has 1 unspecified atom stereocenters. The summed E-state index contributed by atoms with van der Waals surface area (Å²) < 4.78 is 5.80. The summed E-state index contributed by atoms with van der Waals surface area (Å²) in [4.78, 5) is 6.28. The summed E-state index contributed by atoms with van der Waals surface area (Å²) in [7, 11) is 2.01. The lowest BCUT2D eigenvalue weighted by atomic mass is 9.91. The summed E-state index contributed by atoms with van der Waals surface area (Å²) in [6.07, 6.45) is 3.70. The molecule has 2 aromatic rings. The van der Waals surface area contributed by atoms with Gasteiger partial charge in [-0.15, -0.1) is 11.3 Å². The van der Waals surface area contributed by atoms with Crippen LogP contribution in [0.4, 0.5) is 0 Å². The second-order valence-corrected chi connectivity index (χ2v) is 6.33. The van der Waals surface area contributed by atoms with Crippen LogP contribution in [0.2, 0.25) is 0 Å². The van der Waals surface area contributed by atoms with E-state index >= 15 is 0 Å². The number of hydrogen-bond acceptors (Lipinski definition) is 4. The molecule has 0 spiro atoms. The van der Waals surface area contributed by atoms with Gasteiger partial charge in [-0.3, -0.25) is 0 Å². The smallest absolute Gasteiger partial charge is 0.140 e. The van der Waals surface area contributed by atoms with Crippen LogP contribution >= 0.6 is 11.3 Å². The third kappa shape index (κ3) is 3.02. The van der Waals surface area contributed by atoms with Crippen molar-refractivity contribution in [1.29, 1.82) is 0 Å². The number of benzene rings is 1. The van der Waals surface area contributed by atoms with Crippen molar-refractivity contribution in [1.82, 2.24) is 10.3 Å². The number of hydrogen-bond donors (Lipinski definition) is 1. The lowest BCUT2D eigenvalue weighted by Crippen LogP contribution is -2.21. The number of likely N-dealkylation sites (N-methyl/N-ethyl adjacent to an activating group) is 1. The number of para-hydroxylation sites is 1.